The minimum Gasteiger partial charge on any atom is -0.449 e. The first kappa shape index (κ1) is 9.83. The Labute approximate surface area is 88.4 Å². The normalized spacial score (nSPS) is 25.5. The zero-order valence-corrected chi connectivity index (χ0v) is 8.62. The zero-order valence-electron chi connectivity index (χ0n) is 8.62. The van der Waals surface area contributed by atoms with Crippen LogP contribution in [0.15, 0.2) is 24.3 Å². The second-order valence-electron chi connectivity index (χ2n) is 3.97. The summed E-state index contributed by atoms with van der Waals surface area (Å²) in [6.07, 6.45) is 0.383. The Morgan fingerprint density at radius 1 is 1.53 bits per heavy atom. The molecule has 1 aromatic rings. The molecule has 1 aromatic carbocycles. The van der Waals surface area contributed by atoms with Gasteiger partial charge >= 0.3 is 6.09 Å². The molecule has 4 nitrogen and oxygen atoms in total. The van der Waals surface area contributed by atoms with Gasteiger partial charge in [-0.15, -0.1) is 0 Å². The topological polar surface area (TPSA) is 64.3 Å². The van der Waals surface area contributed by atoms with Crippen LogP contribution in [-0.4, -0.2) is 12.7 Å². The number of anilines is 1. The number of hydrogen-bond acceptors (Lipinski definition) is 3. The zero-order chi connectivity index (χ0) is 10.9. The standard InChI is InChI=1S/C11H14N2O2/c1-11(5-6-15-10(14)13-11)8-3-2-4-9(12)7-8/h2-4,7H,5-6,12H2,1H3,(H,13,14). The lowest BCUT2D eigenvalue weighted by atomic mass is 9.88. The van der Waals surface area contributed by atoms with Gasteiger partial charge in [0.05, 0.1) is 12.1 Å². The summed E-state index contributed by atoms with van der Waals surface area (Å²) in [5, 5.41) is 2.82. The summed E-state index contributed by atoms with van der Waals surface area (Å²) in [5.41, 5.74) is 7.06. The molecule has 1 fully saturated rings. The van der Waals surface area contributed by atoms with Crippen LogP contribution in [0.5, 0.6) is 0 Å². The summed E-state index contributed by atoms with van der Waals surface area (Å²) in [5.74, 6) is 0. The van der Waals surface area contributed by atoms with E-state index in [1.54, 1.807) is 0 Å². The average molecular weight is 206 g/mol. The van der Waals surface area contributed by atoms with E-state index in [0.29, 0.717) is 12.3 Å². The van der Waals surface area contributed by atoms with Crippen LogP contribution in [0.2, 0.25) is 0 Å². The maximum Gasteiger partial charge on any atom is 0.407 e. The molecule has 80 valence electrons. The van der Waals surface area contributed by atoms with Gasteiger partial charge < -0.3 is 15.8 Å². The summed E-state index contributed by atoms with van der Waals surface area (Å²) in [6.45, 7) is 2.42. The monoisotopic (exact) mass is 206 g/mol. The van der Waals surface area contributed by atoms with Gasteiger partial charge in [-0.3, -0.25) is 0 Å². The number of rotatable bonds is 1. The van der Waals surface area contributed by atoms with Gasteiger partial charge in [0.25, 0.3) is 0 Å². The van der Waals surface area contributed by atoms with Crippen LogP contribution < -0.4 is 11.1 Å². The number of cyclic esters (lactones) is 1. The molecule has 3 N–H and O–H groups in total. The highest BCUT2D eigenvalue weighted by molar-refractivity contribution is 5.69. The number of carbonyl (C=O) groups excluding carboxylic acids is 1. The summed E-state index contributed by atoms with van der Waals surface area (Å²) in [4.78, 5) is 11.2. The van der Waals surface area contributed by atoms with E-state index in [-0.39, 0.29) is 11.6 Å². The van der Waals surface area contributed by atoms with Crippen LogP contribution in [0.4, 0.5) is 10.5 Å². The van der Waals surface area contributed by atoms with Crippen molar-refractivity contribution >= 4 is 11.8 Å². The number of alkyl carbamates (subject to hydrolysis) is 1. The molecule has 0 spiro atoms. The predicted octanol–water partition coefficient (Wildman–Crippen LogP) is 1.61. The second kappa shape index (κ2) is 3.46. The lowest BCUT2D eigenvalue weighted by Crippen LogP contribution is -2.48. The quantitative estimate of drug-likeness (QED) is 0.686. The lowest BCUT2D eigenvalue weighted by molar-refractivity contribution is 0.0916. The number of nitrogens with two attached hydrogens (primary N) is 1. The van der Waals surface area contributed by atoms with Gasteiger partial charge in [0.2, 0.25) is 0 Å². The summed E-state index contributed by atoms with van der Waals surface area (Å²) < 4.78 is 4.84. The van der Waals surface area contributed by atoms with Crippen molar-refractivity contribution < 1.29 is 9.53 Å². The van der Waals surface area contributed by atoms with Crippen molar-refractivity contribution in [3.05, 3.63) is 29.8 Å². The van der Waals surface area contributed by atoms with Crippen LogP contribution in [0, 0.1) is 0 Å². The molecule has 1 amide bonds. The number of ether oxygens (including phenoxy) is 1. The maximum absolute atomic E-state index is 11.2. The number of nitrogen functional groups attached to an aromatic ring is 1. The number of carbonyl (C=O) groups is 1. The molecule has 0 radical (unpaired) electrons. The van der Waals surface area contributed by atoms with E-state index in [9.17, 15) is 4.79 Å². The molecule has 1 aliphatic rings. The van der Waals surface area contributed by atoms with E-state index in [4.69, 9.17) is 10.5 Å². The molecule has 1 saturated heterocycles. The van der Waals surface area contributed by atoms with E-state index in [2.05, 4.69) is 5.32 Å². The maximum atomic E-state index is 11.2. The van der Waals surface area contributed by atoms with Gasteiger partial charge in [0.15, 0.2) is 0 Å². The van der Waals surface area contributed by atoms with Gasteiger partial charge in [-0.2, -0.15) is 0 Å². The fourth-order valence-electron chi connectivity index (χ4n) is 1.77. The van der Waals surface area contributed by atoms with Crippen molar-refractivity contribution in [3.8, 4) is 0 Å². The van der Waals surface area contributed by atoms with Gasteiger partial charge in [-0.1, -0.05) is 12.1 Å². The van der Waals surface area contributed by atoms with Crippen molar-refractivity contribution in [1.82, 2.24) is 5.32 Å². The first-order valence-electron chi connectivity index (χ1n) is 4.91. The van der Waals surface area contributed by atoms with Crippen LogP contribution in [0.1, 0.15) is 18.9 Å². The van der Waals surface area contributed by atoms with Gasteiger partial charge in [0, 0.05) is 12.1 Å². The SMILES string of the molecule is CC1(c2cccc(N)c2)CCOC(=O)N1. The Balaban J connectivity index is 2.32. The third-order valence-electron chi connectivity index (χ3n) is 2.74. The summed E-state index contributed by atoms with van der Waals surface area (Å²) in [7, 11) is 0. The van der Waals surface area contributed by atoms with E-state index < -0.39 is 0 Å². The minimum absolute atomic E-state index is 0.369. The van der Waals surface area contributed by atoms with E-state index in [1.807, 2.05) is 31.2 Å². The van der Waals surface area contributed by atoms with Crippen LogP contribution in [0.3, 0.4) is 0 Å². The smallest absolute Gasteiger partial charge is 0.407 e. The number of nitrogens with one attached hydrogen (secondary N) is 1. The summed E-state index contributed by atoms with van der Waals surface area (Å²) in [6, 6.07) is 7.55. The molecule has 1 unspecified atom stereocenters. The Bertz CT molecular complexity index is 392. The first-order valence-corrected chi connectivity index (χ1v) is 4.91. The Morgan fingerprint density at radius 3 is 3.00 bits per heavy atom. The number of benzene rings is 1. The largest absolute Gasteiger partial charge is 0.449 e. The van der Waals surface area contributed by atoms with Gasteiger partial charge in [-0.05, 0) is 24.6 Å². The lowest BCUT2D eigenvalue weighted by Gasteiger charge is -2.34. The van der Waals surface area contributed by atoms with Crippen molar-refractivity contribution in [2.45, 2.75) is 18.9 Å². The fourth-order valence-corrected chi connectivity index (χ4v) is 1.77. The van der Waals surface area contributed by atoms with Crippen molar-refractivity contribution in [2.24, 2.45) is 0 Å². The predicted molar refractivity (Wildman–Crippen MR) is 57.3 cm³/mol. The molecular formula is C11H14N2O2. The molecule has 1 aliphatic heterocycles. The Kier molecular flexibility index (Phi) is 2.26. The molecule has 1 atom stereocenters. The van der Waals surface area contributed by atoms with E-state index in [1.165, 1.54) is 0 Å². The molecule has 4 heteroatoms. The van der Waals surface area contributed by atoms with Crippen LogP contribution >= 0.6 is 0 Å². The molecule has 0 bridgehead atoms. The van der Waals surface area contributed by atoms with E-state index >= 15 is 0 Å². The van der Waals surface area contributed by atoms with Gasteiger partial charge in [-0.25, -0.2) is 4.79 Å². The molecule has 0 aromatic heterocycles. The van der Waals surface area contributed by atoms with Crippen molar-refractivity contribution in [1.29, 1.82) is 0 Å². The fraction of sp³-hybridized carbons (Fsp3) is 0.364. The highest BCUT2D eigenvalue weighted by Crippen LogP contribution is 2.28. The summed E-state index contributed by atoms with van der Waals surface area (Å²) >= 11 is 0. The molecule has 0 aliphatic carbocycles. The Hall–Kier alpha value is -1.71. The van der Waals surface area contributed by atoms with Crippen LogP contribution in [0.25, 0.3) is 0 Å². The minimum atomic E-state index is -0.370. The first-order chi connectivity index (χ1) is 7.10. The highest BCUT2D eigenvalue weighted by Gasteiger charge is 2.32. The second-order valence-corrected chi connectivity index (χ2v) is 3.97. The van der Waals surface area contributed by atoms with Gasteiger partial charge in [0.1, 0.15) is 0 Å². The highest BCUT2D eigenvalue weighted by atomic mass is 16.6. The molecular weight excluding hydrogens is 192 g/mol. The number of hydrogen-bond donors (Lipinski definition) is 2. The van der Waals surface area contributed by atoms with E-state index in [0.717, 1.165) is 12.0 Å². The molecule has 1 heterocycles. The van der Waals surface area contributed by atoms with Crippen molar-refractivity contribution in [3.63, 3.8) is 0 Å². The Morgan fingerprint density at radius 2 is 2.33 bits per heavy atom. The van der Waals surface area contributed by atoms with Crippen molar-refractivity contribution in [2.75, 3.05) is 12.3 Å². The van der Waals surface area contributed by atoms with Crippen LogP contribution in [-0.2, 0) is 10.3 Å². The average Bonchev–Trinajstić information content (AvgIpc) is 2.17. The molecule has 2 rings (SSSR count). The third kappa shape index (κ3) is 1.88. The number of amides is 1. The molecule has 0 saturated carbocycles. The third-order valence-corrected chi connectivity index (χ3v) is 2.74. The molecule has 15 heavy (non-hydrogen) atoms.